The fourth-order valence-corrected chi connectivity index (χ4v) is 2.57. The summed E-state index contributed by atoms with van der Waals surface area (Å²) in [5.74, 6) is 0.853. The van der Waals surface area contributed by atoms with E-state index in [4.69, 9.17) is 9.47 Å². The average Bonchev–Trinajstić information content (AvgIpc) is 2.64. The van der Waals surface area contributed by atoms with Gasteiger partial charge in [0.15, 0.2) is 5.96 Å². The zero-order valence-electron chi connectivity index (χ0n) is 15.3. The molecule has 1 aromatic rings. The Bertz CT molecular complexity index is 490. The van der Waals surface area contributed by atoms with Crippen LogP contribution in [0.1, 0.15) is 18.9 Å². The van der Waals surface area contributed by atoms with Gasteiger partial charge in [-0.2, -0.15) is 0 Å². The van der Waals surface area contributed by atoms with Crippen LogP contribution in [0.4, 0.5) is 5.69 Å². The van der Waals surface area contributed by atoms with Crippen molar-refractivity contribution in [2.45, 2.75) is 19.9 Å². The molecule has 0 aromatic heterocycles. The molecule has 0 amide bonds. The van der Waals surface area contributed by atoms with Crippen LogP contribution in [0, 0.1) is 0 Å². The first-order valence-electron chi connectivity index (χ1n) is 8.76. The van der Waals surface area contributed by atoms with E-state index in [0.29, 0.717) is 6.54 Å². The summed E-state index contributed by atoms with van der Waals surface area (Å²) in [5, 5.41) is 6.59. The van der Waals surface area contributed by atoms with Crippen LogP contribution in [0.5, 0.6) is 0 Å². The molecule has 0 bridgehead atoms. The Morgan fingerprint density at radius 2 is 1.92 bits per heavy atom. The zero-order chi connectivity index (χ0) is 17.0. The number of nitrogens with zero attached hydrogens (tertiary/aromatic N) is 2. The number of hydrogen-bond donors (Lipinski definition) is 2. The van der Waals surface area contributed by atoms with Crippen molar-refractivity contribution in [1.82, 2.24) is 10.6 Å². The highest BCUT2D eigenvalue weighted by molar-refractivity contribution is 14.0. The van der Waals surface area contributed by atoms with E-state index in [1.165, 1.54) is 11.3 Å². The monoisotopic (exact) mass is 462 g/mol. The highest BCUT2D eigenvalue weighted by atomic mass is 127. The molecule has 7 heteroatoms. The first-order chi connectivity index (χ1) is 11.8. The molecule has 1 aromatic carbocycles. The summed E-state index contributed by atoms with van der Waals surface area (Å²) >= 11 is 0. The molecule has 2 N–H and O–H groups in total. The van der Waals surface area contributed by atoms with Crippen LogP contribution >= 0.6 is 24.0 Å². The molecular weight excluding hydrogens is 431 g/mol. The molecule has 0 aliphatic carbocycles. The Kier molecular flexibility index (Phi) is 11.6. The summed E-state index contributed by atoms with van der Waals surface area (Å²) in [6.45, 7) is 8.77. The normalized spacial score (nSPS) is 14.8. The molecule has 25 heavy (non-hydrogen) atoms. The van der Waals surface area contributed by atoms with Crippen molar-refractivity contribution in [3.63, 3.8) is 0 Å². The van der Waals surface area contributed by atoms with Crippen LogP contribution in [-0.2, 0) is 16.0 Å². The molecule has 1 aliphatic heterocycles. The first kappa shape index (κ1) is 22.0. The Balaban J connectivity index is 0.00000312. The van der Waals surface area contributed by atoms with Crippen molar-refractivity contribution in [2.24, 2.45) is 4.99 Å². The van der Waals surface area contributed by atoms with Gasteiger partial charge in [-0.25, -0.2) is 4.99 Å². The Labute approximate surface area is 168 Å². The van der Waals surface area contributed by atoms with Crippen LogP contribution in [0.2, 0.25) is 0 Å². The predicted octanol–water partition coefficient (Wildman–Crippen LogP) is 2.23. The second-order valence-corrected chi connectivity index (χ2v) is 5.73. The third-order valence-corrected chi connectivity index (χ3v) is 3.89. The van der Waals surface area contributed by atoms with Gasteiger partial charge in [-0.05, 0) is 31.0 Å². The summed E-state index contributed by atoms with van der Waals surface area (Å²) in [7, 11) is 1.72. The van der Waals surface area contributed by atoms with Gasteiger partial charge in [0.1, 0.15) is 0 Å². The fourth-order valence-electron chi connectivity index (χ4n) is 2.57. The third-order valence-electron chi connectivity index (χ3n) is 3.89. The maximum atomic E-state index is 5.40. The minimum absolute atomic E-state index is 0. The molecule has 1 saturated heterocycles. The number of aliphatic imine (C=N–C) groups is 1. The van der Waals surface area contributed by atoms with Crippen molar-refractivity contribution >= 4 is 35.6 Å². The van der Waals surface area contributed by atoms with Gasteiger partial charge in [-0.15, -0.1) is 24.0 Å². The Morgan fingerprint density at radius 1 is 1.20 bits per heavy atom. The predicted molar refractivity (Wildman–Crippen MR) is 114 cm³/mol. The second kappa shape index (κ2) is 13.2. The lowest BCUT2D eigenvalue weighted by Crippen LogP contribution is -2.38. The number of halogens is 1. The van der Waals surface area contributed by atoms with Crippen molar-refractivity contribution in [2.75, 3.05) is 58.0 Å². The number of methoxy groups -OCH3 is 1. The lowest BCUT2D eigenvalue weighted by molar-refractivity contribution is 0.122. The van der Waals surface area contributed by atoms with Crippen LogP contribution in [0.15, 0.2) is 29.3 Å². The molecule has 0 saturated carbocycles. The minimum atomic E-state index is 0. The second-order valence-electron chi connectivity index (χ2n) is 5.73. The van der Waals surface area contributed by atoms with Gasteiger partial charge in [0.05, 0.1) is 19.8 Å². The number of morpholine rings is 1. The molecule has 0 radical (unpaired) electrons. The van der Waals surface area contributed by atoms with E-state index in [1.807, 2.05) is 0 Å². The molecular formula is C18H31IN4O2. The molecule has 1 heterocycles. The van der Waals surface area contributed by atoms with E-state index in [2.05, 4.69) is 51.7 Å². The molecule has 1 aliphatic rings. The topological polar surface area (TPSA) is 58.1 Å². The Morgan fingerprint density at radius 3 is 2.56 bits per heavy atom. The van der Waals surface area contributed by atoms with Crippen molar-refractivity contribution in [3.05, 3.63) is 29.8 Å². The number of guanidine groups is 1. The highest BCUT2D eigenvalue weighted by Crippen LogP contribution is 2.17. The van der Waals surface area contributed by atoms with Gasteiger partial charge >= 0.3 is 0 Å². The summed E-state index contributed by atoms with van der Waals surface area (Å²) < 4.78 is 10.5. The molecule has 2 rings (SSSR count). The van der Waals surface area contributed by atoms with Gasteiger partial charge in [0.25, 0.3) is 0 Å². The summed E-state index contributed by atoms with van der Waals surface area (Å²) in [6.07, 6.45) is 0.967. The SMILES string of the molecule is CCNC(=NCc1ccc(N2CCOCC2)cc1)NCCCOC.I. The van der Waals surface area contributed by atoms with Crippen LogP contribution < -0.4 is 15.5 Å². The van der Waals surface area contributed by atoms with Crippen LogP contribution in [0.3, 0.4) is 0 Å². The highest BCUT2D eigenvalue weighted by Gasteiger charge is 2.10. The van der Waals surface area contributed by atoms with Gasteiger partial charge in [-0.1, -0.05) is 12.1 Å². The minimum Gasteiger partial charge on any atom is -0.385 e. The smallest absolute Gasteiger partial charge is 0.191 e. The van der Waals surface area contributed by atoms with Crippen LogP contribution in [0.25, 0.3) is 0 Å². The fraction of sp³-hybridized carbons (Fsp3) is 0.611. The van der Waals surface area contributed by atoms with Gasteiger partial charge < -0.3 is 25.0 Å². The van der Waals surface area contributed by atoms with Gasteiger partial charge in [-0.3, -0.25) is 0 Å². The number of benzene rings is 1. The number of anilines is 1. The molecule has 0 atom stereocenters. The third kappa shape index (κ3) is 8.24. The van der Waals surface area contributed by atoms with Crippen molar-refractivity contribution in [1.29, 1.82) is 0 Å². The molecule has 142 valence electrons. The molecule has 6 nitrogen and oxygen atoms in total. The first-order valence-corrected chi connectivity index (χ1v) is 8.76. The number of ether oxygens (including phenoxy) is 2. The van der Waals surface area contributed by atoms with Gasteiger partial charge in [0, 0.05) is 45.6 Å². The maximum absolute atomic E-state index is 5.40. The van der Waals surface area contributed by atoms with E-state index in [-0.39, 0.29) is 24.0 Å². The molecule has 1 fully saturated rings. The van der Waals surface area contributed by atoms with E-state index < -0.39 is 0 Å². The maximum Gasteiger partial charge on any atom is 0.191 e. The van der Waals surface area contributed by atoms with E-state index >= 15 is 0 Å². The average molecular weight is 462 g/mol. The Hall–Kier alpha value is -1.06. The van der Waals surface area contributed by atoms with Gasteiger partial charge in [0.2, 0.25) is 0 Å². The summed E-state index contributed by atoms with van der Waals surface area (Å²) in [6, 6.07) is 8.66. The van der Waals surface area contributed by atoms with E-state index in [0.717, 1.165) is 58.4 Å². The standard InChI is InChI=1S/C18H30N4O2.HI/c1-3-19-18(20-9-4-12-23-2)21-15-16-5-7-17(8-6-16)22-10-13-24-14-11-22;/h5-8H,3-4,9-15H2,1-2H3,(H2,19,20,21);1H. The zero-order valence-corrected chi connectivity index (χ0v) is 17.6. The quantitative estimate of drug-likeness (QED) is 0.269. The largest absolute Gasteiger partial charge is 0.385 e. The summed E-state index contributed by atoms with van der Waals surface area (Å²) in [4.78, 5) is 7.00. The molecule has 0 unspecified atom stereocenters. The lowest BCUT2D eigenvalue weighted by Gasteiger charge is -2.28. The van der Waals surface area contributed by atoms with Crippen molar-refractivity contribution in [3.8, 4) is 0 Å². The summed E-state index contributed by atoms with van der Waals surface area (Å²) in [5.41, 5.74) is 2.47. The number of hydrogen-bond acceptors (Lipinski definition) is 4. The van der Waals surface area contributed by atoms with Crippen molar-refractivity contribution < 1.29 is 9.47 Å². The lowest BCUT2D eigenvalue weighted by atomic mass is 10.2. The molecule has 0 spiro atoms. The van der Waals surface area contributed by atoms with E-state index in [1.54, 1.807) is 7.11 Å². The number of rotatable bonds is 8. The number of nitrogens with one attached hydrogen (secondary N) is 2. The van der Waals surface area contributed by atoms with Crippen LogP contribution in [-0.4, -0.2) is 59.1 Å². The van der Waals surface area contributed by atoms with E-state index in [9.17, 15) is 0 Å².